The van der Waals surface area contributed by atoms with Crippen molar-refractivity contribution in [1.29, 1.82) is 0 Å². The summed E-state index contributed by atoms with van der Waals surface area (Å²) in [5.74, 6) is 1.66. The Morgan fingerprint density at radius 2 is 1.79 bits per heavy atom. The van der Waals surface area contributed by atoms with Crippen molar-refractivity contribution in [1.82, 2.24) is 0 Å². The summed E-state index contributed by atoms with van der Waals surface area (Å²) in [6, 6.07) is 13.2. The number of hydrogen-bond acceptors (Lipinski definition) is 3. The van der Waals surface area contributed by atoms with Crippen molar-refractivity contribution in [2.45, 2.75) is 39.7 Å². The number of ether oxygens (including phenoxy) is 2. The zero-order valence-corrected chi connectivity index (χ0v) is 14.9. The molecule has 0 radical (unpaired) electrons. The number of aryl methyl sites for hydroxylation is 1. The van der Waals surface area contributed by atoms with Crippen LogP contribution in [-0.4, -0.2) is 19.1 Å². The Morgan fingerprint density at radius 3 is 2.42 bits per heavy atom. The van der Waals surface area contributed by atoms with Crippen LogP contribution in [0, 0.1) is 6.92 Å². The van der Waals surface area contributed by atoms with Gasteiger partial charge in [-0.05, 0) is 55.2 Å². The molecule has 1 atom stereocenters. The summed E-state index contributed by atoms with van der Waals surface area (Å²) in [4.78, 5) is 12.3. The largest absolute Gasteiger partial charge is 0.497 e. The van der Waals surface area contributed by atoms with Crippen LogP contribution in [-0.2, 0) is 4.79 Å². The molecule has 0 fully saturated rings. The average molecular weight is 327 g/mol. The van der Waals surface area contributed by atoms with E-state index in [0.717, 1.165) is 0 Å². The van der Waals surface area contributed by atoms with Gasteiger partial charge >= 0.3 is 0 Å². The van der Waals surface area contributed by atoms with Gasteiger partial charge in [-0.2, -0.15) is 0 Å². The van der Waals surface area contributed by atoms with Gasteiger partial charge < -0.3 is 14.8 Å². The van der Waals surface area contributed by atoms with E-state index in [-0.39, 0.29) is 5.91 Å². The lowest BCUT2D eigenvalue weighted by Gasteiger charge is -2.17. The van der Waals surface area contributed by atoms with E-state index in [4.69, 9.17) is 9.47 Å². The maximum atomic E-state index is 12.3. The minimum atomic E-state index is -0.597. The summed E-state index contributed by atoms with van der Waals surface area (Å²) >= 11 is 0. The third-order valence-corrected chi connectivity index (χ3v) is 3.88. The van der Waals surface area contributed by atoms with Crippen LogP contribution in [0.25, 0.3) is 0 Å². The second-order valence-electron chi connectivity index (χ2n) is 6.15. The standard InChI is InChI=1S/C20H25NO3/c1-13(2)19-10-9-18(11-14(19)3)24-15(4)20(22)21-16-7-6-8-17(12-16)23-5/h6-13,15H,1-5H3,(H,21,22). The SMILES string of the molecule is COc1cccc(NC(=O)C(C)Oc2ccc(C(C)C)c(C)c2)c1. The molecule has 0 heterocycles. The van der Waals surface area contributed by atoms with E-state index in [1.165, 1.54) is 11.1 Å². The highest BCUT2D eigenvalue weighted by Gasteiger charge is 2.16. The molecule has 4 nitrogen and oxygen atoms in total. The van der Waals surface area contributed by atoms with Gasteiger partial charge in [0, 0.05) is 11.8 Å². The Bertz CT molecular complexity index is 710. The van der Waals surface area contributed by atoms with Gasteiger partial charge in [0.05, 0.1) is 7.11 Å². The minimum Gasteiger partial charge on any atom is -0.497 e. The summed E-state index contributed by atoms with van der Waals surface area (Å²) in [7, 11) is 1.59. The van der Waals surface area contributed by atoms with Crippen LogP contribution in [0.3, 0.4) is 0 Å². The van der Waals surface area contributed by atoms with E-state index < -0.39 is 6.10 Å². The number of methoxy groups -OCH3 is 1. The Morgan fingerprint density at radius 1 is 1.04 bits per heavy atom. The van der Waals surface area contributed by atoms with Crippen LogP contribution in [0.1, 0.15) is 37.8 Å². The second-order valence-corrected chi connectivity index (χ2v) is 6.15. The van der Waals surface area contributed by atoms with E-state index in [1.807, 2.05) is 30.3 Å². The molecule has 2 aromatic carbocycles. The predicted molar refractivity (Wildman–Crippen MR) is 97.0 cm³/mol. The number of carbonyl (C=O) groups excluding carboxylic acids is 1. The zero-order chi connectivity index (χ0) is 17.7. The lowest BCUT2D eigenvalue weighted by molar-refractivity contribution is -0.122. The Hall–Kier alpha value is -2.49. The molecule has 0 aromatic heterocycles. The highest BCUT2D eigenvalue weighted by atomic mass is 16.5. The molecule has 0 spiro atoms. The number of carbonyl (C=O) groups is 1. The van der Waals surface area contributed by atoms with Gasteiger partial charge in [0.1, 0.15) is 11.5 Å². The maximum Gasteiger partial charge on any atom is 0.265 e. The first kappa shape index (κ1) is 17.9. The molecule has 0 saturated heterocycles. The van der Waals surface area contributed by atoms with Crippen molar-refractivity contribution in [3.8, 4) is 11.5 Å². The third-order valence-electron chi connectivity index (χ3n) is 3.88. The van der Waals surface area contributed by atoms with Crippen molar-refractivity contribution >= 4 is 11.6 Å². The first-order valence-electron chi connectivity index (χ1n) is 8.13. The van der Waals surface area contributed by atoms with Crippen molar-refractivity contribution in [2.75, 3.05) is 12.4 Å². The number of amides is 1. The highest BCUT2D eigenvalue weighted by molar-refractivity contribution is 5.94. The van der Waals surface area contributed by atoms with Gasteiger partial charge in [-0.1, -0.05) is 26.0 Å². The average Bonchev–Trinajstić information content (AvgIpc) is 2.54. The molecule has 0 aliphatic heterocycles. The zero-order valence-electron chi connectivity index (χ0n) is 14.9. The van der Waals surface area contributed by atoms with Gasteiger partial charge in [0.2, 0.25) is 0 Å². The fourth-order valence-electron chi connectivity index (χ4n) is 2.57. The first-order valence-corrected chi connectivity index (χ1v) is 8.13. The molecule has 4 heteroatoms. The number of rotatable bonds is 6. The second kappa shape index (κ2) is 7.86. The van der Waals surface area contributed by atoms with Crippen molar-refractivity contribution in [3.05, 3.63) is 53.6 Å². The molecular weight excluding hydrogens is 302 g/mol. The minimum absolute atomic E-state index is 0.200. The molecule has 0 aliphatic carbocycles. The fourth-order valence-corrected chi connectivity index (χ4v) is 2.57. The molecule has 2 aromatic rings. The van der Waals surface area contributed by atoms with Crippen LogP contribution < -0.4 is 14.8 Å². The quantitative estimate of drug-likeness (QED) is 0.848. The Kier molecular flexibility index (Phi) is 5.85. The lowest BCUT2D eigenvalue weighted by Crippen LogP contribution is -2.30. The number of anilines is 1. The molecule has 2 rings (SSSR count). The Balaban J connectivity index is 2.02. The van der Waals surface area contributed by atoms with Gasteiger partial charge in [-0.15, -0.1) is 0 Å². The first-order chi connectivity index (χ1) is 11.4. The molecular formula is C20H25NO3. The van der Waals surface area contributed by atoms with Crippen molar-refractivity contribution in [2.24, 2.45) is 0 Å². The van der Waals surface area contributed by atoms with E-state index in [2.05, 4.69) is 32.2 Å². The topological polar surface area (TPSA) is 47.6 Å². The Labute approximate surface area is 143 Å². The molecule has 1 amide bonds. The number of benzene rings is 2. The highest BCUT2D eigenvalue weighted by Crippen LogP contribution is 2.24. The van der Waals surface area contributed by atoms with Crippen LogP contribution in [0.15, 0.2) is 42.5 Å². The monoisotopic (exact) mass is 327 g/mol. The summed E-state index contributed by atoms with van der Waals surface area (Å²) in [5.41, 5.74) is 3.14. The summed E-state index contributed by atoms with van der Waals surface area (Å²) < 4.78 is 10.9. The summed E-state index contributed by atoms with van der Waals surface area (Å²) in [6.45, 7) is 8.12. The fraction of sp³-hybridized carbons (Fsp3) is 0.350. The van der Waals surface area contributed by atoms with Crippen LogP contribution in [0.4, 0.5) is 5.69 Å². The van der Waals surface area contributed by atoms with E-state index in [9.17, 15) is 4.79 Å². The maximum absolute atomic E-state index is 12.3. The van der Waals surface area contributed by atoms with Crippen LogP contribution in [0.5, 0.6) is 11.5 Å². The summed E-state index contributed by atoms with van der Waals surface area (Å²) in [5, 5.41) is 2.84. The van der Waals surface area contributed by atoms with E-state index in [1.54, 1.807) is 20.1 Å². The van der Waals surface area contributed by atoms with Gasteiger partial charge in [0.15, 0.2) is 6.10 Å². The molecule has 0 aliphatic rings. The van der Waals surface area contributed by atoms with Crippen LogP contribution in [0.2, 0.25) is 0 Å². The smallest absolute Gasteiger partial charge is 0.265 e. The van der Waals surface area contributed by atoms with Crippen molar-refractivity contribution in [3.63, 3.8) is 0 Å². The normalized spacial score (nSPS) is 11.9. The third kappa shape index (κ3) is 4.51. The molecule has 1 unspecified atom stereocenters. The predicted octanol–water partition coefficient (Wildman–Crippen LogP) is 4.53. The van der Waals surface area contributed by atoms with Crippen molar-refractivity contribution < 1.29 is 14.3 Å². The van der Waals surface area contributed by atoms with Gasteiger partial charge in [-0.25, -0.2) is 0 Å². The number of nitrogens with one attached hydrogen (secondary N) is 1. The number of hydrogen-bond donors (Lipinski definition) is 1. The van der Waals surface area contributed by atoms with Crippen LogP contribution >= 0.6 is 0 Å². The molecule has 128 valence electrons. The van der Waals surface area contributed by atoms with E-state index in [0.29, 0.717) is 23.1 Å². The van der Waals surface area contributed by atoms with E-state index >= 15 is 0 Å². The lowest BCUT2D eigenvalue weighted by atomic mass is 9.98. The molecule has 24 heavy (non-hydrogen) atoms. The summed E-state index contributed by atoms with van der Waals surface area (Å²) in [6.07, 6.45) is -0.597. The van der Waals surface area contributed by atoms with Gasteiger partial charge in [-0.3, -0.25) is 4.79 Å². The molecule has 1 N–H and O–H groups in total. The molecule has 0 saturated carbocycles. The molecule has 0 bridgehead atoms. The van der Waals surface area contributed by atoms with Gasteiger partial charge in [0.25, 0.3) is 5.91 Å².